The summed E-state index contributed by atoms with van der Waals surface area (Å²) in [6, 6.07) is 7.29. The van der Waals surface area contributed by atoms with Crippen LogP contribution in [0, 0.1) is 0 Å². The third kappa shape index (κ3) is 3.01. The average molecular weight is 261 g/mol. The number of carbonyl (C=O) groups is 1. The maximum atomic E-state index is 11.9. The van der Waals surface area contributed by atoms with E-state index in [1.54, 1.807) is 7.11 Å². The lowest BCUT2D eigenvalue weighted by atomic mass is 10.1. The number of nitrogens with zero attached hydrogens (tertiary/aromatic N) is 2. The van der Waals surface area contributed by atoms with E-state index in [0.29, 0.717) is 0 Å². The van der Waals surface area contributed by atoms with Crippen LogP contribution in [-0.4, -0.2) is 28.2 Å². The molecule has 1 heterocycles. The number of amides is 1. The quantitative estimate of drug-likeness (QED) is 0.757. The Morgan fingerprint density at radius 1 is 1.53 bits per heavy atom. The smallest absolute Gasteiger partial charge is 0.289 e. The minimum absolute atomic E-state index is 0.0409. The molecule has 7 nitrogen and oxygen atoms in total. The second kappa shape index (κ2) is 5.38. The number of hydrogen-bond acceptors (Lipinski definition) is 5. The minimum atomic E-state index is -0.362. The number of carbonyl (C=O) groups excluding carboxylic acids is 1. The fourth-order valence-electron chi connectivity index (χ4n) is 1.64. The summed E-state index contributed by atoms with van der Waals surface area (Å²) in [4.78, 5) is 15.6. The van der Waals surface area contributed by atoms with Crippen LogP contribution in [0.5, 0.6) is 5.75 Å². The van der Waals surface area contributed by atoms with Gasteiger partial charge in [0.25, 0.3) is 5.91 Å². The van der Waals surface area contributed by atoms with E-state index in [1.807, 2.05) is 31.2 Å². The zero-order valence-corrected chi connectivity index (χ0v) is 10.7. The van der Waals surface area contributed by atoms with Crippen LogP contribution in [0.4, 0.5) is 5.95 Å². The molecule has 1 aromatic heterocycles. The van der Waals surface area contributed by atoms with E-state index in [4.69, 9.17) is 10.5 Å². The van der Waals surface area contributed by atoms with Gasteiger partial charge in [-0.15, -0.1) is 5.10 Å². The van der Waals surface area contributed by atoms with Crippen LogP contribution in [0.1, 0.15) is 29.1 Å². The molecule has 0 aliphatic carbocycles. The fourth-order valence-corrected chi connectivity index (χ4v) is 1.64. The molecular weight excluding hydrogens is 246 g/mol. The third-order valence-electron chi connectivity index (χ3n) is 2.66. The Balaban J connectivity index is 2.08. The van der Waals surface area contributed by atoms with Gasteiger partial charge in [0.2, 0.25) is 11.8 Å². The summed E-state index contributed by atoms with van der Waals surface area (Å²) >= 11 is 0. The standard InChI is InChI=1S/C12H15N5O2/c1-7(8-4-3-5-9(6-8)19-2)14-11(18)10-15-12(13)17-16-10/h3-7H,1-2H3,(H,14,18)(H3,13,15,16,17)/t7-/m1/s1. The zero-order valence-electron chi connectivity index (χ0n) is 10.7. The van der Waals surface area contributed by atoms with Crippen LogP contribution in [0.15, 0.2) is 24.3 Å². The predicted molar refractivity (Wildman–Crippen MR) is 69.7 cm³/mol. The number of nitrogen functional groups attached to an aromatic ring is 1. The number of aromatic amines is 1. The summed E-state index contributed by atoms with van der Waals surface area (Å²) in [6.45, 7) is 1.87. The number of methoxy groups -OCH3 is 1. The number of rotatable bonds is 4. The number of ether oxygens (including phenoxy) is 1. The van der Waals surface area contributed by atoms with E-state index in [2.05, 4.69) is 20.5 Å². The van der Waals surface area contributed by atoms with Crippen LogP contribution in [-0.2, 0) is 0 Å². The SMILES string of the molecule is COc1cccc([C@@H](C)NC(=O)c2nc(N)n[nH]2)c1. The number of aromatic nitrogens is 3. The first-order valence-corrected chi connectivity index (χ1v) is 5.73. The summed E-state index contributed by atoms with van der Waals surface area (Å²) in [5, 5.41) is 8.86. The molecule has 0 saturated carbocycles. The molecule has 100 valence electrons. The van der Waals surface area contributed by atoms with Crippen molar-refractivity contribution < 1.29 is 9.53 Å². The van der Waals surface area contributed by atoms with E-state index in [1.165, 1.54) is 0 Å². The summed E-state index contributed by atoms with van der Waals surface area (Å²) in [5.41, 5.74) is 6.28. The van der Waals surface area contributed by atoms with Crippen molar-refractivity contribution in [3.05, 3.63) is 35.7 Å². The molecular formula is C12H15N5O2. The van der Waals surface area contributed by atoms with Crippen LogP contribution in [0.2, 0.25) is 0 Å². The summed E-state index contributed by atoms with van der Waals surface area (Å²) in [7, 11) is 1.60. The third-order valence-corrected chi connectivity index (χ3v) is 2.66. The van der Waals surface area contributed by atoms with Crippen molar-refractivity contribution in [1.82, 2.24) is 20.5 Å². The maximum Gasteiger partial charge on any atom is 0.289 e. The largest absolute Gasteiger partial charge is 0.497 e. The Bertz CT molecular complexity index is 581. The van der Waals surface area contributed by atoms with Crippen LogP contribution < -0.4 is 15.8 Å². The van der Waals surface area contributed by atoms with Crippen LogP contribution in [0.3, 0.4) is 0 Å². The van der Waals surface area contributed by atoms with E-state index in [9.17, 15) is 4.79 Å². The van der Waals surface area contributed by atoms with E-state index in [0.717, 1.165) is 11.3 Å². The average Bonchev–Trinajstić information content (AvgIpc) is 2.85. The lowest BCUT2D eigenvalue weighted by molar-refractivity contribution is 0.0930. The molecule has 1 aromatic carbocycles. The maximum absolute atomic E-state index is 11.9. The van der Waals surface area contributed by atoms with Gasteiger partial charge in [-0.2, -0.15) is 4.98 Å². The number of benzene rings is 1. The number of nitrogens with one attached hydrogen (secondary N) is 2. The van der Waals surface area contributed by atoms with Gasteiger partial charge in [0.1, 0.15) is 5.75 Å². The van der Waals surface area contributed by atoms with Gasteiger partial charge < -0.3 is 15.8 Å². The molecule has 2 aromatic rings. The van der Waals surface area contributed by atoms with Crippen molar-refractivity contribution in [2.75, 3.05) is 12.8 Å². The minimum Gasteiger partial charge on any atom is -0.497 e. The Morgan fingerprint density at radius 3 is 2.95 bits per heavy atom. The molecule has 0 radical (unpaired) electrons. The first-order chi connectivity index (χ1) is 9.10. The molecule has 1 atom stereocenters. The molecule has 19 heavy (non-hydrogen) atoms. The summed E-state index contributed by atoms with van der Waals surface area (Å²) in [5.74, 6) is 0.508. The van der Waals surface area contributed by atoms with Crippen molar-refractivity contribution in [3.8, 4) is 5.75 Å². The van der Waals surface area contributed by atoms with Gasteiger partial charge in [-0.3, -0.25) is 9.89 Å². The van der Waals surface area contributed by atoms with Crippen molar-refractivity contribution >= 4 is 11.9 Å². The Morgan fingerprint density at radius 2 is 2.32 bits per heavy atom. The van der Waals surface area contributed by atoms with Gasteiger partial charge in [0.05, 0.1) is 13.2 Å². The topological polar surface area (TPSA) is 106 Å². The number of H-pyrrole nitrogens is 1. The van der Waals surface area contributed by atoms with Gasteiger partial charge in [0.15, 0.2) is 0 Å². The molecule has 0 fully saturated rings. The molecule has 0 bridgehead atoms. The molecule has 0 spiro atoms. The van der Waals surface area contributed by atoms with Gasteiger partial charge in [-0.1, -0.05) is 12.1 Å². The fraction of sp³-hybridized carbons (Fsp3) is 0.250. The lowest BCUT2D eigenvalue weighted by Gasteiger charge is -2.14. The highest BCUT2D eigenvalue weighted by Gasteiger charge is 2.15. The molecule has 2 rings (SSSR count). The number of hydrogen-bond donors (Lipinski definition) is 3. The molecule has 0 saturated heterocycles. The summed E-state index contributed by atoms with van der Waals surface area (Å²) < 4.78 is 5.14. The molecule has 1 amide bonds. The Hall–Kier alpha value is -2.57. The van der Waals surface area contributed by atoms with Gasteiger partial charge >= 0.3 is 0 Å². The van der Waals surface area contributed by atoms with Crippen LogP contribution in [0.25, 0.3) is 0 Å². The number of nitrogens with two attached hydrogens (primary N) is 1. The van der Waals surface area contributed by atoms with Crippen LogP contribution >= 0.6 is 0 Å². The highest BCUT2D eigenvalue weighted by Crippen LogP contribution is 2.18. The first kappa shape index (κ1) is 12.9. The monoisotopic (exact) mass is 261 g/mol. The second-order valence-electron chi connectivity index (χ2n) is 4.01. The van der Waals surface area contributed by atoms with Gasteiger partial charge in [-0.05, 0) is 24.6 Å². The molecule has 4 N–H and O–H groups in total. The number of anilines is 1. The van der Waals surface area contributed by atoms with Gasteiger partial charge in [-0.25, -0.2) is 0 Å². The second-order valence-corrected chi connectivity index (χ2v) is 4.01. The van der Waals surface area contributed by atoms with E-state index < -0.39 is 0 Å². The van der Waals surface area contributed by atoms with Crippen molar-refractivity contribution in [2.24, 2.45) is 0 Å². The molecule has 0 aliphatic heterocycles. The molecule has 0 unspecified atom stereocenters. The molecule has 7 heteroatoms. The zero-order chi connectivity index (χ0) is 13.8. The highest BCUT2D eigenvalue weighted by molar-refractivity contribution is 5.90. The van der Waals surface area contributed by atoms with Crippen molar-refractivity contribution in [2.45, 2.75) is 13.0 Å². The lowest BCUT2D eigenvalue weighted by Crippen LogP contribution is -2.27. The Labute approximate surface area is 110 Å². The van der Waals surface area contributed by atoms with Gasteiger partial charge in [0, 0.05) is 0 Å². The van der Waals surface area contributed by atoms with E-state index in [-0.39, 0.29) is 23.7 Å². The Kier molecular flexibility index (Phi) is 3.65. The highest BCUT2D eigenvalue weighted by atomic mass is 16.5. The summed E-state index contributed by atoms with van der Waals surface area (Å²) in [6.07, 6.45) is 0. The predicted octanol–water partition coefficient (Wildman–Crippen LogP) is 0.886. The molecule has 0 aliphatic rings. The van der Waals surface area contributed by atoms with Crippen molar-refractivity contribution in [1.29, 1.82) is 0 Å². The normalized spacial score (nSPS) is 11.9. The first-order valence-electron chi connectivity index (χ1n) is 5.73. The van der Waals surface area contributed by atoms with E-state index >= 15 is 0 Å². The van der Waals surface area contributed by atoms with Crippen molar-refractivity contribution in [3.63, 3.8) is 0 Å².